The maximum Gasteiger partial charge on any atom is 0.312 e. The Balaban J connectivity index is 1.42. The fourth-order valence-electron chi connectivity index (χ4n) is 10.1. The Labute approximate surface area is 228 Å². The number of benzene rings is 1. The Bertz CT molecular complexity index is 1050. The minimum absolute atomic E-state index is 0.000255. The highest BCUT2D eigenvalue weighted by Gasteiger charge is 2.71. The van der Waals surface area contributed by atoms with E-state index in [1.807, 2.05) is 6.92 Å². The first-order valence-corrected chi connectivity index (χ1v) is 14.9. The number of nitrogens with one attached hydrogen (secondary N) is 2. The minimum atomic E-state index is -0.407. The molecule has 2 bridgehead atoms. The summed E-state index contributed by atoms with van der Waals surface area (Å²) in [7, 11) is 0. The van der Waals surface area contributed by atoms with Crippen molar-refractivity contribution in [1.82, 2.24) is 5.32 Å². The quantitative estimate of drug-likeness (QED) is 0.312. The van der Waals surface area contributed by atoms with Crippen LogP contribution in [-0.4, -0.2) is 35.4 Å². The van der Waals surface area contributed by atoms with Crippen molar-refractivity contribution in [3.63, 3.8) is 0 Å². The number of anilines is 1. The highest BCUT2D eigenvalue weighted by atomic mass is 32.1. The second-order valence-electron chi connectivity index (χ2n) is 13.5. The molecule has 1 aromatic rings. The lowest BCUT2D eigenvalue weighted by Gasteiger charge is -2.65. The zero-order valence-electron chi connectivity index (χ0n) is 23.4. The number of esters is 1. The first-order chi connectivity index (χ1) is 17.5. The average molecular weight is 527 g/mol. The molecule has 0 saturated heterocycles. The van der Waals surface area contributed by atoms with Crippen LogP contribution in [0.25, 0.3) is 0 Å². The van der Waals surface area contributed by atoms with Crippen molar-refractivity contribution >= 4 is 29.0 Å². The summed E-state index contributed by atoms with van der Waals surface area (Å²) < 4.78 is 5.64. The van der Waals surface area contributed by atoms with E-state index in [4.69, 9.17) is 17.0 Å². The van der Waals surface area contributed by atoms with Gasteiger partial charge in [0.05, 0.1) is 12.0 Å². The summed E-state index contributed by atoms with van der Waals surface area (Å²) >= 11 is 5.80. The van der Waals surface area contributed by atoms with Crippen LogP contribution >= 0.6 is 12.2 Å². The predicted octanol–water partition coefficient (Wildman–Crippen LogP) is 6.23. The van der Waals surface area contributed by atoms with Crippen molar-refractivity contribution in [3.05, 3.63) is 29.8 Å². The first kappa shape index (κ1) is 26.9. The lowest BCUT2D eigenvalue weighted by Crippen LogP contribution is -2.60. The van der Waals surface area contributed by atoms with E-state index in [0.29, 0.717) is 23.6 Å². The topological polar surface area (TPSA) is 70.6 Å². The number of aryl methyl sites for hydroxylation is 1. The predicted molar refractivity (Wildman–Crippen MR) is 152 cm³/mol. The van der Waals surface area contributed by atoms with Crippen molar-refractivity contribution in [1.29, 1.82) is 0 Å². The van der Waals surface area contributed by atoms with Crippen LogP contribution in [0.4, 0.5) is 5.69 Å². The number of carbonyl (C=O) groups is 1. The van der Waals surface area contributed by atoms with Crippen molar-refractivity contribution in [2.45, 2.75) is 92.0 Å². The van der Waals surface area contributed by atoms with Gasteiger partial charge in [0.25, 0.3) is 0 Å². The van der Waals surface area contributed by atoms with E-state index >= 15 is 0 Å². The molecule has 0 aromatic heterocycles. The van der Waals surface area contributed by atoms with Crippen LogP contribution in [0, 0.1) is 46.3 Å². The third kappa shape index (κ3) is 4.12. The summed E-state index contributed by atoms with van der Waals surface area (Å²) in [5.41, 5.74) is 2.05. The van der Waals surface area contributed by atoms with Crippen molar-refractivity contribution in [3.8, 4) is 0 Å². The molecular formula is C31H46N2O3S. The molecule has 5 nitrogen and oxygen atoms in total. The van der Waals surface area contributed by atoms with Gasteiger partial charge in [0.1, 0.15) is 0 Å². The Morgan fingerprint density at radius 2 is 1.78 bits per heavy atom. The molecule has 0 aliphatic heterocycles. The molecule has 37 heavy (non-hydrogen) atoms. The molecule has 1 aromatic carbocycles. The molecule has 4 aliphatic rings. The normalized spacial score (nSPS) is 42.3. The van der Waals surface area contributed by atoms with Gasteiger partial charge in [-0.25, -0.2) is 0 Å². The molecule has 4 aliphatic carbocycles. The number of aliphatic hydroxyl groups excluding tert-OH is 1. The van der Waals surface area contributed by atoms with Crippen LogP contribution in [-0.2, 0) is 9.53 Å². The number of rotatable bonds is 5. The number of hydrogen-bond acceptors (Lipinski definition) is 4. The van der Waals surface area contributed by atoms with Crippen molar-refractivity contribution < 1.29 is 14.6 Å². The highest BCUT2D eigenvalue weighted by molar-refractivity contribution is 7.80. The molecule has 0 unspecified atom stereocenters. The Hall–Kier alpha value is -1.66. The van der Waals surface area contributed by atoms with Crippen LogP contribution in [0.3, 0.4) is 0 Å². The number of hydrogen-bond donors (Lipinski definition) is 3. The molecule has 0 radical (unpaired) electrons. The number of ether oxygens (including phenoxy) is 1. The monoisotopic (exact) mass is 526 g/mol. The number of carbonyl (C=O) groups excluding carboxylic acids is 1. The van der Waals surface area contributed by atoms with Crippen molar-refractivity contribution in [2.75, 3.05) is 18.5 Å². The summed E-state index contributed by atoms with van der Waals surface area (Å²) in [5.74, 6) is 0.989. The van der Waals surface area contributed by atoms with Crippen LogP contribution in [0.1, 0.15) is 84.6 Å². The van der Waals surface area contributed by atoms with Gasteiger partial charge in [-0.3, -0.25) is 4.79 Å². The van der Waals surface area contributed by atoms with Crippen molar-refractivity contribution in [2.24, 2.45) is 39.4 Å². The maximum absolute atomic E-state index is 13.3. The van der Waals surface area contributed by atoms with Gasteiger partial charge in [0.2, 0.25) is 0 Å². The Morgan fingerprint density at radius 3 is 2.46 bits per heavy atom. The molecule has 5 rings (SSSR count). The highest BCUT2D eigenvalue weighted by Crippen LogP contribution is 2.75. The second-order valence-corrected chi connectivity index (χ2v) is 13.9. The van der Waals surface area contributed by atoms with Gasteiger partial charge in [0, 0.05) is 24.3 Å². The van der Waals surface area contributed by atoms with Gasteiger partial charge in [-0.2, -0.15) is 0 Å². The van der Waals surface area contributed by atoms with Gasteiger partial charge in [-0.05, 0) is 118 Å². The van der Waals surface area contributed by atoms with Gasteiger partial charge >= 0.3 is 5.97 Å². The van der Waals surface area contributed by atoms with E-state index in [-0.39, 0.29) is 40.8 Å². The zero-order chi connectivity index (χ0) is 26.6. The van der Waals surface area contributed by atoms with E-state index in [9.17, 15) is 9.90 Å². The molecule has 1 spiro atoms. The van der Waals surface area contributed by atoms with Gasteiger partial charge in [-0.15, -0.1) is 0 Å². The fourth-order valence-corrected chi connectivity index (χ4v) is 10.3. The third-order valence-electron chi connectivity index (χ3n) is 11.5. The minimum Gasteiger partial charge on any atom is -0.466 e. The largest absolute Gasteiger partial charge is 0.466 e. The summed E-state index contributed by atoms with van der Waals surface area (Å²) in [5, 5.41) is 18.7. The van der Waals surface area contributed by atoms with Gasteiger partial charge in [-0.1, -0.05) is 38.0 Å². The van der Waals surface area contributed by atoms with Crippen LogP contribution in [0.5, 0.6) is 0 Å². The van der Waals surface area contributed by atoms with E-state index < -0.39 is 5.41 Å². The van der Waals surface area contributed by atoms with Crippen LogP contribution in [0.15, 0.2) is 24.3 Å². The maximum atomic E-state index is 13.3. The first-order valence-electron chi connectivity index (χ1n) is 14.4. The summed E-state index contributed by atoms with van der Waals surface area (Å²) in [6.45, 7) is 11.7. The zero-order valence-corrected chi connectivity index (χ0v) is 24.2. The molecular weight excluding hydrogens is 480 g/mol. The standard InChI is InChI=1S/C31H46N2O3S/c1-6-36-26(35)30(5)15-7-14-29(4)23(30)13-17-31-19-28(3,16-12-24(29)31)25(22(31)18-34)33-27(37)32-21-10-8-20(2)9-11-21/h8-11,22-25,34H,6-7,12-19H2,1-5H3,(H2,32,33,37)/t22-,23+,24+,25-,28+,29-,30-,31-/m1/s1. The Morgan fingerprint density at radius 1 is 1.08 bits per heavy atom. The summed E-state index contributed by atoms with van der Waals surface area (Å²) in [6.07, 6.45) is 8.68. The van der Waals surface area contributed by atoms with Gasteiger partial charge in [0.15, 0.2) is 5.11 Å². The molecule has 204 valence electrons. The number of fused-ring (bicyclic) bond motifs is 3. The average Bonchev–Trinajstić information content (AvgIpc) is 3.01. The fraction of sp³-hybridized carbons (Fsp3) is 0.742. The van der Waals surface area contributed by atoms with Gasteiger partial charge < -0.3 is 20.5 Å². The van der Waals surface area contributed by atoms with E-state index in [1.165, 1.54) is 12.0 Å². The summed E-state index contributed by atoms with van der Waals surface area (Å²) in [6, 6.07) is 8.42. The third-order valence-corrected chi connectivity index (χ3v) is 11.7. The molecule has 4 saturated carbocycles. The number of aliphatic hydroxyl groups is 1. The SMILES string of the molecule is CCOC(=O)[C@]1(C)CCC[C@@]2(C)[C@@H]3CC[C@@]4(C)C[C@]3(CC[C@@H]21)[C@H](CO)[C@H]4NC(=S)Nc1ccc(C)cc1. The smallest absolute Gasteiger partial charge is 0.312 e. The van der Waals surface area contributed by atoms with Crippen LogP contribution in [0.2, 0.25) is 0 Å². The molecule has 4 fully saturated rings. The summed E-state index contributed by atoms with van der Waals surface area (Å²) in [4.78, 5) is 13.3. The van der Waals surface area contributed by atoms with E-state index in [1.54, 1.807) is 0 Å². The molecule has 6 heteroatoms. The lowest BCUT2D eigenvalue weighted by molar-refractivity contribution is -0.193. The van der Waals surface area contributed by atoms with E-state index in [2.05, 4.69) is 62.6 Å². The van der Waals surface area contributed by atoms with E-state index in [0.717, 1.165) is 50.6 Å². The molecule has 8 atom stereocenters. The molecule has 0 amide bonds. The lowest BCUT2D eigenvalue weighted by atomic mass is 9.39. The van der Waals surface area contributed by atoms with Crippen LogP contribution < -0.4 is 10.6 Å². The molecule has 3 N–H and O–H groups in total. The Kier molecular flexibility index (Phi) is 6.92. The second kappa shape index (κ2) is 9.51. The molecule has 0 heterocycles. The number of thiocarbonyl (C=S) groups is 1.